The number of hydrogen-bond donors (Lipinski definition) is 1. The average molecular weight is 245 g/mol. The molecule has 2 heterocycles. The van der Waals surface area contributed by atoms with Crippen molar-refractivity contribution in [3.8, 4) is 0 Å². The van der Waals surface area contributed by atoms with Gasteiger partial charge >= 0.3 is 11.5 Å². The highest BCUT2D eigenvalue weighted by atomic mass is 16.6. The molecule has 0 aliphatic carbocycles. The highest BCUT2D eigenvalue weighted by molar-refractivity contribution is 5.50. The van der Waals surface area contributed by atoms with Crippen LogP contribution >= 0.6 is 0 Å². The fourth-order valence-corrected chi connectivity index (χ4v) is 1.58. The Bertz CT molecular complexity index is 531. The maximum absolute atomic E-state index is 10.8. The van der Waals surface area contributed by atoms with Crippen molar-refractivity contribution in [2.24, 2.45) is 0 Å². The lowest BCUT2D eigenvalue weighted by Gasteiger charge is -1.99. The first kappa shape index (κ1) is 12.0. The van der Waals surface area contributed by atoms with Crippen LogP contribution in [0.25, 0.3) is 0 Å². The van der Waals surface area contributed by atoms with Gasteiger partial charge in [-0.05, 0) is 18.2 Å². The van der Waals surface area contributed by atoms with Gasteiger partial charge in [0.1, 0.15) is 0 Å². The van der Waals surface area contributed by atoms with Crippen LogP contribution in [0, 0.1) is 10.1 Å². The number of rotatable bonds is 5. The molecule has 18 heavy (non-hydrogen) atoms. The van der Waals surface area contributed by atoms with Crippen LogP contribution in [0.2, 0.25) is 0 Å². The second-order valence-electron chi connectivity index (χ2n) is 3.69. The summed E-state index contributed by atoms with van der Waals surface area (Å²) in [5.74, 6) is 0.415. The summed E-state index contributed by atoms with van der Waals surface area (Å²) < 4.78 is 0. The van der Waals surface area contributed by atoms with Crippen LogP contribution in [0.4, 0.5) is 11.5 Å². The fraction of sp³-hybridized carbons (Fsp3) is 0.167. The highest BCUT2D eigenvalue weighted by Crippen LogP contribution is 2.17. The van der Waals surface area contributed by atoms with Crippen LogP contribution in [-0.4, -0.2) is 16.5 Å². The Balaban J connectivity index is 1.97. The van der Waals surface area contributed by atoms with Gasteiger partial charge in [0, 0.05) is 24.4 Å². The number of nitrogens with zero attached hydrogens (tertiary/aromatic N) is 2. The van der Waals surface area contributed by atoms with Crippen LogP contribution in [0.1, 0.15) is 5.69 Å². The molecular formula is C12H13N4O2+. The summed E-state index contributed by atoms with van der Waals surface area (Å²) in [5, 5.41) is 13.8. The Morgan fingerprint density at radius 1 is 1.33 bits per heavy atom. The molecule has 92 valence electrons. The molecule has 0 aliphatic heterocycles. The van der Waals surface area contributed by atoms with Crippen LogP contribution in [0.5, 0.6) is 0 Å². The molecule has 2 rings (SSSR count). The van der Waals surface area contributed by atoms with Crippen molar-refractivity contribution in [3.63, 3.8) is 0 Å². The first-order valence-corrected chi connectivity index (χ1v) is 5.56. The molecule has 0 amide bonds. The minimum atomic E-state index is -0.417. The highest BCUT2D eigenvalue weighted by Gasteiger charge is 2.18. The molecule has 0 fully saturated rings. The van der Waals surface area contributed by atoms with Crippen molar-refractivity contribution < 1.29 is 9.91 Å². The van der Waals surface area contributed by atoms with Crippen molar-refractivity contribution in [2.75, 3.05) is 11.9 Å². The molecule has 0 aliphatic rings. The number of H-pyrrole nitrogens is 1. The summed E-state index contributed by atoms with van der Waals surface area (Å²) in [6.07, 6.45) is 4.09. The Morgan fingerprint density at radius 2 is 2.22 bits per heavy atom. The van der Waals surface area contributed by atoms with Crippen molar-refractivity contribution in [3.05, 3.63) is 58.5 Å². The van der Waals surface area contributed by atoms with Gasteiger partial charge < -0.3 is 0 Å². The third-order valence-electron chi connectivity index (χ3n) is 2.44. The molecule has 0 radical (unpaired) electrons. The Morgan fingerprint density at radius 3 is 2.94 bits per heavy atom. The second-order valence-corrected chi connectivity index (χ2v) is 3.69. The van der Waals surface area contributed by atoms with Gasteiger partial charge in [-0.15, -0.1) is 0 Å². The van der Waals surface area contributed by atoms with Crippen LogP contribution in [0.15, 0.2) is 42.7 Å². The molecule has 0 saturated heterocycles. The summed E-state index contributed by atoms with van der Waals surface area (Å²) in [6.45, 7) is 0.582. The Kier molecular flexibility index (Phi) is 3.80. The lowest BCUT2D eigenvalue weighted by atomic mass is 10.2. The number of nitrogens with one attached hydrogen (secondary N) is 2. The number of hydrogen-bond acceptors (Lipinski definition) is 4. The average Bonchev–Trinajstić information content (AvgIpc) is 2.40. The van der Waals surface area contributed by atoms with Crippen LogP contribution < -0.4 is 10.3 Å². The number of nitro groups is 1. The zero-order chi connectivity index (χ0) is 12.8. The molecule has 0 aromatic carbocycles. The Labute approximate surface area is 104 Å². The van der Waals surface area contributed by atoms with Gasteiger partial charge in [0.2, 0.25) is 0 Å². The summed E-state index contributed by atoms with van der Waals surface area (Å²) in [4.78, 5) is 17.4. The van der Waals surface area contributed by atoms with Crippen LogP contribution in [0.3, 0.4) is 0 Å². The summed E-state index contributed by atoms with van der Waals surface area (Å²) in [5.41, 5.74) is 0.988. The van der Waals surface area contributed by atoms with E-state index in [9.17, 15) is 10.1 Å². The predicted molar refractivity (Wildman–Crippen MR) is 66.1 cm³/mol. The minimum absolute atomic E-state index is 0.0403. The standard InChI is InChI=1S/C12H12N4O2/c17-16(18)11-5-3-8-14-12(11)15-9-6-10-4-1-2-7-13-10/h1-5,7-8H,6,9H2,(H,14,15)/p+1. The molecule has 0 bridgehead atoms. The monoisotopic (exact) mass is 245 g/mol. The number of pyridine rings is 2. The second kappa shape index (κ2) is 5.72. The molecule has 0 saturated carbocycles. The van der Waals surface area contributed by atoms with Gasteiger partial charge in [-0.25, -0.2) is 4.98 Å². The van der Waals surface area contributed by atoms with Gasteiger partial charge in [-0.2, -0.15) is 0 Å². The van der Waals surface area contributed by atoms with E-state index in [1.807, 2.05) is 18.2 Å². The van der Waals surface area contributed by atoms with Crippen molar-refractivity contribution in [2.45, 2.75) is 6.42 Å². The topological polar surface area (TPSA) is 82.2 Å². The maximum Gasteiger partial charge on any atom is 0.357 e. The summed E-state index contributed by atoms with van der Waals surface area (Å²) in [6, 6.07) is 8.75. The van der Waals surface area contributed by atoms with E-state index in [1.54, 1.807) is 18.5 Å². The number of aromatic amines is 1. The lowest BCUT2D eigenvalue weighted by molar-refractivity contribution is -0.409. The third-order valence-corrected chi connectivity index (χ3v) is 2.44. The lowest BCUT2D eigenvalue weighted by Crippen LogP contribution is -2.17. The molecule has 2 N–H and O–H groups in total. The normalized spacial score (nSPS) is 10.0. The van der Waals surface area contributed by atoms with Gasteiger partial charge in [-0.1, -0.05) is 6.07 Å². The smallest absolute Gasteiger partial charge is 0.268 e. The Hall–Kier alpha value is -2.50. The zero-order valence-electron chi connectivity index (χ0n) is 9.67. The molecule has 0 spiro atoms. The van der Waals surface area contributed by atoms with E-state index in [0.29, 0.717) is 18.8 Å². The van der Waals surface area contributed by atoms with E-state index in [-0.39, 0.29) is 5.69 Å². The third kappa shape index (κ3) is 3.00. The molecule has 6 heteroatoms. The molecule has 0 atom stereocenters. The van der Waals surface area contributed by atoms with E-state index in [2.05, 4.69) is 15.3 Å². The molecule has 0 unspecified atom stereocenters. The minimum Gasteiger partial charge on any atom is -0.268 e. The molecule has 2 aromatic rings. The van der Waals surface area contributed by atoms with Gasteiger partial charge in [-0.3, -0.25) is 20.4 Å². The predicted octanol–water partition coefficient (Wildman–Crippen LogP) is 1.46. The number of aromatic nitrogens is 2. The summed E-state index contributed by atoms with van der Waals surface area (Å²) >= 11 is 0. The van der Waals surface area contributed by atoms with E-state index in [1.165, 1.54) is 6.07 Å². The molecule has 6 nitrogen and oxygen atoms in total. The van der Waals surface area contributed by atoms with Gasteiger partial charge in [0.25, 0.3) is 0 Å². The SMILES string of the molecule is O=[N+]([O-])c1ccc[nH+]c1NCCc1ccccn1. The van der Waals surface area contributed by atoms with Crippen LogP contribution in [-0.2, 0) is 6.42 Å². The number of anilines is 1. The van der Waals surface area contributed by atoms with Gasteiger partial charge in [0.05, 0.1) is 17.7 Å². The largest absolute Gasteiger partial charge is 0.357 e. The van der Waals surface area contributed by atoms with Gasteiger partial charge in [0.15, 0.2) is 0 Å². The fourth-order valence-electron chi connectivity index (χ4n) is 1.58. The van der Waals surface area contributed by atoms with E-state index >= 15 is 0 Å². The molecule has 2 aromatic heterocycles. The first-order chi connectivity index (χ1) is 8.77. The van der Waals surface area contributed by atoms with E-state index in [0.717, 1.165) is 5.69 Å². The molecular weight excluding hydrogens is 232 g/mol. The van der Waals surface area contributed by atoms with Crippen molar-refractivity contribution in [1.82, 2.24) is 4.98 Å². The summed E-state index contributed by atoms with van der Waals surface area (Å²) in [7, 11) is 0. The van der Waals surface area contributed by atoms with E-state index in [4.69, 9.17) is 0 Å². The maximum atomic E-state index is 10.8. The zero-order valence-corrected chi connectivity index (χ0v) is 9.67. The van der Waals surface area contributed by atoms with E-state index < -0.39 is 4.92 Å². The van der Waals surface area contributed by atoms with Crippen molar-refractivity contribution in [1.29, 1.82) is 0 Å². The first-order valence-electron chi connectivity index (χ1n) is 5.56. The quantitative estimate of drug-likeness (QED) is 0.638. The van der Waals surface area contributed by atoms with Crippen molar-refractivity contribution >= 4 is 11.5 Å².